The van der Waals surface area contributed by atoms with Gasteiger partial charge in [0.25, 0.3) is 0 Å². The Balaban J connectivity index is 1.19. The molecular weight excluding hydrogens is 582 g/mol. The minimum absolute atomic E-state index is 0.0384. The molecule has 1 aliphatic carbocycles. The number of aromatic hydroxyl groups is 1. The number of carbonyl (C=O) groups is 2. The topological polar surface area (TPSA) is 90.3 Å². The molecule has 3 aliphatic heterocycles. The Morgan fingerprint density at radius 3 is 2.50 bits per heavy atom. The number of hydrogen-bond donors (Lipinski definition) is 2. The fourth-order valence-corrected chi connectivity index (χ4v) is 8.33. The molecule has 0 radical (unpaired) electrons. The fourth-order valence-electron chi connectivity index (χ4n) is 8.33. The molecule has 6 rings (SSSR count). The van der Waals surface area contributed by atoms with E-state index >= 15 is 0 Å². The minimum Gasteiger partial charge on any atom is -0.505 e. The van der Waals surface area contributed by atoms with E-state index in [4.69, 9.17) is 4.65 Å². The molecule has 2 aromatic carbocycles. The van der Waals surface area contributed by atoms with Crippen molar-refractivity contribution in [2.75, 3.05) is 13.1 Å². The Kier molecular flexibility index (Phi) is 9.83. The first-order chi connectivity index (χ1) is 22.1. The summed E-state index contributed by atoms with van der Waals surface area (Å²) in [7, 11) is -1.01. The fraction of sp³-hybridized carbons (Fsp3) is 0.514. The summed E-state index contributed by atoms with van der Waals surface area (Å²) in [4.78, 5) is 32.3. The number of halogens is 1. The van der Waals surface area contributed by atoms with Gasteiger partial charge in [-0.1, -0.05) is 74.4 Å². The molecule has 0 spiro atoms. The summed E-state index contributed by atoms with van der Waals surface area (Å²) < 4.78 is 20.2. The van der Waals surface area contributed by atoms with Gasteiger partial charge in [-0.15, -0.1) is 0 Å². The number of likely N-dealkylation sites (tertiary alicyclic amines) is 2. The maximum Gasteiger partial charge on any atom is 0.455 e. The third-order valence-electron chi connectivity index (χ3n) is 10.7. The van der Waals surface area contributed by atoms with Crippen LogP contribution in [0.15, 0.2) is 65.3 Å². The van der Waals surface area contributed by atoms with Crippen molar-refractivity contribution >= 4 is 25.0 Å². The van der Waals surface area contributed by atoms with Crippen LogP contribution in [0, 0.1) is 29.5 Å². The molecule has 0 bridgehead atoms. The van der Waals surface area contributed by atoms with Crippen molar-refractivity contribution in [3.63, 3.8) is 0 Å². The first-order valence-electron chi connectivity index (χ1n) is 17.0. The van der Waals surface area contributed by atoms with E-state index in [1.807, 2.05) is 12.1 Å². The second-order valence-electron chi connectivity index (χ2n) is 13.8. The van der Waals surface area contributed by atoms with Crippen LogP contribution in [0.5, 0.6) is 5.75 Å². The predicted molar refractivity (Wildman–Crippen MR) is 177 cm³/mol. The van der Waals surface area contributed by atoms with Crippen molar-refractivity contribution in [2.45, 2.75) is 84.3 Å². The molecule has 3 fully saturated rings. The Morgan fingerprint density at radius 1 is 1.09 bits per heavy atom. The first-order valence-corrected chi connectivity index (χ1v) is 17.0. The van der Waals surface area contributed by atoms with Crippen molar-refractivity contribution in [2.24, 2.45) is 23.7 Å². The molecule has 7 nitrogen and oxygen atoms in total. The first kappa shape index (κ1) is 32.7. The quantitative estimate of drug-likeness (QED) is 0.195. The van der Waals surface area contributed by atoms with Crippen LogP contribution in [0.2, 0.25) is 6.32 Å². The predicted octanol–water partition coefficient (Wildman–Crippen LogP) is 6.22. The molecule has 0 aromatic heterocycles. The lowest BCUT2D eigenvalue weighted by Crippen LogP contribution is -2.48. The van der Waals surface area contributed by atoms with Gasteiger partial charge >= 0.3 is 7.12 Å². The van der Waals surface area contributed by atoms with Crippen molar-refractivity contribution in [1.82, 2.24) is 9.80 Å². The number of phenols is 1. The lowest BCUT2D eigenvalue weighted by atomic mass is 9.57. The molecular formula is C37H46BFN2O5. The zero-order valence-corrected chi connectivity index (χ0v) is 27.2. The second-order valence-corrected chi connectivity index (χ2v) is 13.8. The third-order valence-corrected chi connectivity index (χ3v) is 10.7. The molecule has 3 saturated heterocycles. The minimum atomic E-state index is -1.01. The van der Waals surface area contributed by atoms with Gasteiger partial charge in [0.1, 0.15) is 0 Å². The molecule has 46 heavy (non-hydrogen) atoms. The number of hydrogen-bond acceptors (Lipinski definition) is 6. The smallest absolute Gasteiger partial charge is 0.455 e. The number of carbonyl (C=O) groups excluding carboxylic acids is 2. The highest BCUT2D eigenvalue weighted by molar-refractivity contribution is 6.43. The van der Waals surface area contributed by atoms with Crippen LogP contribution in [-0.4, -0.2) is 64.1 Å². The van der Waals surface area contributed by atoms with Crippen LogP contribution < -0.4 is 0 Å². The molecule has 4 aliphatic rings. The van der Waals surface area contributed by atoms with E-state index in [1.165, 1.54) is 23.3 Å². The van der Waals surface area contributed by atoms with E-state index in [2.05, 4.69) is 49.9 Å². The molecule has 3 heterocycles. The average Bonchev–Trinajstić information content (AvgIpc) is 3.30. The summed E-state index contributed by atoms with van der Waals surface area (Å²) in [5.41, 5.74) is 5.34. The number of fused-ring (bicyclic) bond motifs is 3. The van der Waals surface area contributed by atoms with E-state index in [0.717, 1.165) is 50.0 Å². The maximum atomic E-state index is 14.2. The van der Waals surface area contributed by atoms with E-state index in [-0.39, 0.29) is 47.5 Å². The molecule has 244 valence electrons. The van der Waals surface area contributed by atoms with Crippen LogP contribution in [0.4, 0.5) is 4.39 Å². The number of rotatable bonds is 9. The maximum absolute atomic E-state index is 14.2. The van der Waals surface area contributed by atoms with E-state index in [1.54, 1.807) is 11.0 Å². The van der Waals surface area contributed by atoms with Crippen molar-refractivity contribution in [1.29, 1.82) is 0 Å². The summed E-state index contributed by atoms with van der Waals surface area (Å²) in [6.07, 6.45) is 6.04. The largest absolute Gasteiger partial charge is 0.505 e. The molecule has 2 N–H and O–H groups in total. The monoisotopic (exact) mass is 628 g/mol. The van der Waals surface area contributed by atoms with Gasteiger partial charge in [0.05, 0.1) is 17.9 Å². The zero-order valence-electron chi connectivity index (χ0n) is 27.2. The highest BCUT2D eigenvalue weighted by atomic mass is 19.1. The molecule has 2 aromatic rings. The second kappa shape index (κ2) is 13.8. The lowest BCUT2D eigenvalue weighted by molar-refractivity contribution is -0.144. The van der Waals surface area contributed by atoms with E-state index < -0.39 is 18.9 Å². The number of piperidine rings is 1. The van der Waals surface area contributed by atoms with Gasteiger partial charge in [-0.25, -0.2) is 4.39 Å². The summed E-state index contributed by atoms with van der Waals surface area (Å²) >= 11 is 0. The Hall–Kier alpha value is -3.27. The highest BCUT2D eigenvalue weighted by Crippen LogP contribution is 2.52. The third kappa shape index (κ3) is 6.60. The van der Waals surface area contributed by atoms with Gasteiger partial charge in [-0.05, 0) is 85.5 Å². The number of allylic oxidation sites excluding steroid dienone is 2. The number of benzene rings is 2. The lowest BCUT2D eigenvalue weighted by Gasteiger charge is -2.44. The number of amides is 2. The standard InChI is InChI=1S/C37H46BFN2O5/c1-4-24(18-26-10-12-32(42)31(39)19-26)11-13-33-34-28(23(2)3)20-29-35(30(34)21-38(45)46-33)37(44)41(36(29)43)27-14-16-40(17-15-27)22-25-8-6-5-7-9-25/h5-10,12,18-19,23,27,29-30,33,35,42,45H,4,11,13-17,20-22H2,1-3H3/b24-18+/t29-,30+,33-,35-/m1/s1. The Labute approximate surface area is 272 Å². The number of phenolic OH excluding ortho intramolecular Hbond substituents is 1. The summed E-state index contributed by atoms with van der Waals surface area (Å²) in [5, 5.41) is 20.5. The summed E-state index contributed by atoms with van der Waals surface area (Å²) in [5.74, 6) is -2.04. The van der Waals surface area contributed by atoms with Crippen molar-refractivity contribution in [3.8, 4) is 5.75 Å². The van der Waals surface area contributed by atoms with Gasteiger partial charge in [-0.2, -0.15) is 0 Å². The molecule has 0 saturated carbocycles. The van der Waals surface area contributed by atoms with Gasteiger partial charge in [0.2, 0.25) is 11.8 Å². The Morgan fingerprint density at radius 2 is 1.83 bits per heavy atom. The molecule has 2 amide bonds. The van der Waals surface area contributed by atoms with Crippen LogP contribution in [0.25, 0.3) is 6.08 Å². The van der Waals surface area contributed by atoms with Gasteiger partial charge in [-0.3, -0.25) is 19.4 Å². The van der Waals surface area contributed by atoms with E-state index in [9.17, 15) is 24.1 Å². The zero-order chi connectivity index (χ0) is 32.5. The van der Waals surface area contributed by atoms with Crippen LogP contribution in [0.3, 0.4) is 0 Å². The summed E-state index contributed by atoms with van der Waals surface area (Å²) in [6.45, 7) is 8.88. The number of imide groups is 1. The molecule has 4 atom stereocenters. The van der Waals surface area contributed by atoms with Gasteiger partial charge < -0.3 is 14.8 Å². The number of nitrogens with zero attached hydrogens (tertiary/aromatic N) is 2. The van der Waals surface area contributed by atoms with Crippen LogP contribution in [-0.2, 0) is 20.8 Å². The normalized spacial score (nSPS) is 26.3. The van der Waals surface area contributed by atoms with Crippen LogP contribution >= 0.6 is 0 Å². The average molecular weight is 629 g/mol. The SMILES string of the molecule is CC/C(=C\c1ccc(O)c(F)c1)CC[C@H]1OB(O)C[C@H]2C1=C(C(C)C)C[C@H]1C(=O)N(C3CCN(Cc4ccccc4)CC3)C(=O)[C@H]12. The van der Waals surface area contributed by atoms with Gasteiger partial charge in [0.15, 0.2) is 11.6 Å². The molecule has 0 unspecified atom stereocenters. The summed E-state index contributed by atoms with van der Waals surface area (Å²) in [6, 6.07) is 14.7. The van der Waals surface area contributed by atoms with Crippen LogP contribution in [0.1, 0.15) is 70.4 Å². The Bertz CT molecular complexity index is 1500. The van der Waals surface area contributed by atoms with Crippen molar-refractivity contribution < 1.29 is 28.8 Å². The van der Waals surface area contributed by atoms with E-state index in [0.29, 0.717) is 31.1 Å². The van der Waals surface area contributed by atoms with Gasteiger partial charge in [0, 0.05) is 25.7 Å². The highest BCUT2D eigenvalue weighted by Gasteiger charge is 2.58. The molecule has 9 heteroatoms. The van der Waals surface area contributed by atoms with Crippen molar-refractivity contribution in [3.05, 3.63) is 82.2 Å².